The number of likely N-dealkylation sites (tertiary alicyclic amines) is 1. The minimum absolute atomic E-state index is 0. The van der Waals surface area contributed by atoms with Gasteiger partial charge in [0.2, 0.25) is 0 Å². The van der Waals surface area contributed by atoms with Crippen LogP contribution in [0.5, 0.6) is 0 Å². The van der Waals surface area contributed by atoms with Gasteiger partial charge in [-0.25, -0.2) is 0 Å². The number of piperidine rings is 1. The van der Waals surface area contributed by atoms with E-state index in [2.05, 4.69) is 6.92 Å². The Kier molecular flexibility index (Phi) is 4.70. The van der Waals surface area contributed by atoms with Gasteiger partial charge in [0.15, 0.2) is 0 Å². The number of aliphatic hydroxyl groups excluding tert-OH is 1. The lowest BCUT2D eigenvalue weighted by Gasteiger charge is -2.27. The summed E-state index contributed by atoms with van der Waals surface area (Å²) in [6.07, 6.45) is 5.03. The van der Waals surface area contributed by atoms with Crippen LogP contribution in [0.15, 0.2) is 0 Å². The third kappa shape index (κ3) is 5.24. The lowest BCUT2D eigenvalue weighted by Crippen LogP contribution is -2.39. The number of hydrogen-bond acceptors (Lipinski definition) is 3. The largest absolute Gasteiger partial charge is 0.381 e. The smallest absolute Gasteiger partial charge is 0.0956 e. The molecule has 1 saturated heterocycles. The molecule has 0 aromatic rings. The van der Waals surface area contributed by atoms with Crippen LogP contribution in [0.1, 0.15) is 34.0 Å². The van der Waals surface area contributed by atoms with E-state index in [9.17, 15) is 0 Å². The van der Waals surface area contributed by atoms with Gasteiger partial charge in [0.25, 0.3) is 0 Å². The van der Waals surface area contributed by atoms with Gasteiger partial charge in [-0.05, 0) is 18.8 Å². The molecule has 1 saturated carbocycles. The Hall–Kier alpha value is -0.120. The van der Waals surface area contributed by atoms with Gasteiger partial charge in [-0.3, -0.25) is 4.90 Å². The van der Waals surface area contributed by atoms with E-state index in [1.807, 2.05) is 4.90 Å². The highest BCUT2D eigenvalue weighted by atomic mass is 16.3. The van der Waals surface area contributed by atoms with Crippen molar-refractivity contribution in [3.05, 3.63) is 0 Å². The van der Waals surface area contributed by atoms with E-state index in [0.29, 0.717) is 6.04 Å². The third-order valence-electron chi connectivity index (χ3n) is 2.70. The van der Waals surface area contributed by atoms with Crippen molar-refractivity contribution in [3.8, 4) is 0 Å². The Morgan fingerprint density at radius 3 is 2.08 bits per heavy atom. The summed E-state index contributed by atoms with van der Waals surface area (Å²) in [6.45, 7) is 4.38. The number of rotatable bonds is 1. The molecule has 2 fully saturated rings. The maximum Gasteiger partial charge on any atom is 0.0956 e. The highest BCUT2D eigenvalue weighted by Crippen LogP contribution is 2.26. The summed E-state index contributed by atoms with van der Waals surface area (Å²) in [5.41, 5.74) is 5.64. The second-order valence-electron chi connectivity index (χ2n) is 4.28. The maximum atomic E-state index is 8.66. The van der Waals surface area contributed by atoms with E-state index in [-0.39, 0.29) is 8.16 Å². The first-order chi connectivity index (χ1) is 6.22. The molecule has 0 radical (unpaired) electrons. The summed E-state index contributed by atoms with van der Waals surface area (Å²) in [7, 11) is 0. The molecular formula is C10H24N2O. The quantitative estimate of drug-likeness (QED) is 0.646. The predicted octanol–water partition coefficient (Wildman–Crippen LogP) is 1.02. The molecule has 0 aromatic carbocycles. The summed E-state index contributed by atoms with van der Waals surface area (Å²) >= 11 is 0. The molecule has 3 heteroatoms. The topological polar surface area (TPSA) is 49.5 Å². The summed E-state index contributed by atoms with van der Waals surface area (Å²) in [4.78, 5) is 2.00. The number of hydrogen-bond donors (Lipinski definition) is 2. The van der Waals surface area contributed by atoms with Gasteiger partial charge >= 0.3 is 0 Å². The van der Waals surface area contributed by atoms with Gasteiger partial charge in [-0.2, -0.15) is 0 Å². The number of nitrogens with two attached hydrogens (primary N) is 1. The van der Waals surface area contributed by atoms with Crippen LogP contribution in [-0.4, -0.2) is 35.9 Å². The fraction of sp³-hybridized carbons (Fsp3) is 1.00. The van der Waals surface area contributed by atoms with Crippen molar-refractivity contribution >= 4 is 0 Å². The monoisotopic (exact) mass is 188 g/mol. The second kappa shape index (κ2) is 5.58. The lowest BCUT2D eigenvalue weighted by atomic mass is 10.1. The molecule has 13 heavy (non-hydrogen) atoms. The molecule has 0 aromatic heterocycles. The molecule has 3 N–H and O–H groups in total. The third-order valence-corrected chi connectivity index (χ3v) is 2.70. The Labute approximate surface area is 82.4 Å². The Bertz CT molecular complexity index is 134. The highest BCUT2D eigenvalue weighted by Gasteiger charge is 2.14. The van der Waals surface area contributed by atoms with Crippen molar-refractivity contribution in [1.29, 1.82) is 0 Å². The van der Waals surface area contributed by atoms with Crippen LogP contribution in [0.25, 0.3) is 0 Å². The average molecular weight is 188 g/mol. The fourth-order valence-corrected chi connectivity index (χ4v) is 1.26. The first-order valence-corrected chi connectivity index (χ1v) is 5.31. The maximum absolute atomic E-state index is 8.66. The normalized spacial score (nSPS) is 25.2. The van der Waals surface area contributed by atoms with E-state index in [1.54, 1.807) is 0 Å². The lowest BCUT2D eigenvalue weighted by molar-refractivity contribution is 0.0844. The van der Waals surface area contributed by atoms with E-state index >= 15 is 0 Å². The Balaban J connectivity index is 0.000000286. The van der Waals surface area contributed by atoms with Gasteiger partial charge in [0.1, 0.15) is 0 Å². The molecule has 0 amide bonds. The van der Waals surface area contributed by atoms with Crippen LogP contribution >= 0.6 is 0 Å². The van der Waals surface area contributed by atoms with E-state index in [0.717, 1.165) is 31.8 Å². The molecule has 0 atom stereocenters. The average Bonchev–Trinajstić information content (AvgIpc) is 2.90. The van der Waals surface area contributed by atoms with Crippen molar-refractivity contribution in [3.63, 3.8) is 0 Å². The van der Waals surface area contributed by atoms with Crippen LogP contribution in [0.4, 0.5) is 0 Å². The zero-order valence-electron chi connectivity index (χ0n) is 8.58. The van der Waals surface area contributed by atoms with Crippen molar-refractivity contribution in [1.82, 2.24) is 4.90 Å². The molecule has 1 heterocycles. The van der Waals surface area contributed by atoms with E-state index in [4.69, 9.17) is 10.8 Å². The number of nitrogens with zero attached hydrogens (tertiary/aromatic N) is 1. The van der Waals surface area contributed by atoms with Crippen LogP contribution in [0.2, 0.25) is 0 Å². The van der Waals surface area contributed by atoms with E-state index < -0.39 is 0 Å². The van der Waals surface area contributed by atoms with Crippen molar-refractivity contribution in [2.45, 2.75) is 38.6 Å². The predicted molar refractivity (Wildman–Crippen MR) is 56.4 cm³/mol. The molecule has 1 aliphatic heterocycles. The second-order valence-corrected chi connectivity index (χ2v) is 4.28. The molecule has 3 nitrogen and oxygen atoms in total. The summed E-state index contributed by atoms with van der Waals surface area (Å²) in [6, 6.07) is 0.368. The molecule has 0 unspecified atom stereocenters. The van der Waals surface area contributed by atoms with Crippen LogP contribution < -0.4 is 5.73 Å². The molecule has 1 aliphatic carbocycles. The Morgan fingerprint density at radius 2 is 1.77 bits per heavy atom. The van der Waals surface area contributed by atoms with Gasteiger partial charge in [0, 0.05) is 20.6 Å². The highest BCUT2D eigenvalue weighted by molar-refractivity contribution is 4.71. The molecule has 2 aliphatic rings. The zero-order valence-corrected chi connectivity index (χ0v) is 8.58. The fourth-order valence-electron chi connectivity index (χ4n) is 1.26. The SMILES string of the molecule is CC1CC1.NC1CCN(CO)CC1.[HH]. The summed E-state index contributed by atoms with van der Waals surface area (Å²) in [5, 5.41) is 8.66. The Morgan fingerprint density at radius 1 is 1.31 bits per heavy atom. The van der Waals surface area contributed by atoms with Gasteiger partial charge in [0.05, 0.1) is 6.73 Å². The van der Waals surface area contributed by atoms with Crippen molar-refractivity contribution < 1.29 is 6.53 Å². The standard InChI is InChI=1S/C6H14N2O.C4H8.H2/c7-6-1-3-8(5-9)4-2-6;1-4-2-3-4;/h6,9H,1-5,7H2;4H,2-3H2,1H3;1H. The first-order valence-electron chi connectivity index (χ1n) is 5.31. The summed E-state index contributed by atoms with van der Waals surface area (Å²) in [5.74, 6) is 1.08. The van der Waals surface area contributed by atoms with E-state index in [1.165, 1.54) is 12.8 Å². The van der Waals surface area contributed by atoms with Gasteiger partial charge < -0.3 is 10.8 Å². The zero-order chi connectivity index (χ0) is 9.68. The molecule has 80 valence electrons. The van der Waals surface area contributed by atoms with Crippen LogP contribution in [0, 0.1) is 5.92 Å². The minimum atomic E-state index is 0. The van der Waals surface area contributed by atoms with Crippen LogP contribution in [-0.2, 0) is 0 Å². The van der Waals surface area contributed by atoms with Crippen molar-refractivity contribution in [2.75, 3.05) is 19.8 Å². The van der Waals surface area contributed by atoms with Gasteiger partial charge in [-0.1, -0.05) is 19.8 Å². The van der Waals surface area contributed by atoms with Crippen LogP contribution in [0.3, 0.4) is 0 Å². The van der Waals surface area contributed by atoms with Gasteiger partial charge in [-0.15, -0.1) is 0 Å². The summed E-state index contributed by atoms with van der Waals surface area (Å²) < 4.78 is 0. The first kappa shape index (κ1) is 11.0. The molecular weight excluding hydrogens is 164 g/mol. The molecule has 0 bridgehead atoms. The molecule has 0 spiro atoms. The number of aliphatic hydroxyl groups is 1. The van der Waals surface area contributed by atoms with Crippen molar-refractivity contribution in [2.24, 2.45) is 11.7 Å². The minimum Gasteiger partial charge on any atom is -0.381 e. The molecule has 2 rings (SSSR count).